The van der Waals surface area contributed by atoms with Gasteiger partial charge in [0.1, 0.15) is 29.8 Å². The Balaban J connectivity index is 2.04. The van der Waals surface area contributed by atoms with Gasteiger partial charge in [0, 0.05) is 11.6 Å². The number of halogens is 3. The fourth-order valence-corrected chi connectivity index (χ4v) is 3.08. The summed E-state index contributed by atoms with van der Waals surface area (Å²) in [6.45, 7) is 6.73. The predicted molar refractivity (Wildman–Crippen MR) is 111 cm³/mol. The Morgan fingerprint density at radius 1 is 1.28 bits per heavy atom. The van der Waals surface area contributed by atoms with Crippen LogP contribution in [-0.4, -0.2) is 28.0 Å². The number of hydrogen-bond acceptors (Lipinski definition) is 6. The number of methoxy groups -OCH3 is 1. The van der Waals surface area contributed by atoms with E-state index in [1.807, 2.05) is 6.07 Å². The molecule has 2 aromatic heterocycles. The highest BCUT2D eigenvalue weighted by molar-refractivity contribution is 5.63. The fourth-order valence-electron chi connectivity index (χ4n) is 3.08. The highest BCUT2D eigenvalue weighted by atomic mass is 19.4. The molecule has 0 atom stereocenters. The second-order valence-corrected chi connectivity index (χ2v) is 6.63. The molecule has 3 rings (SSSR count). The van der Waals surface area contributed by atoms with Gasteiger partial charge in [0.25, 0.3) is 5.56 Å². The molecule has 0 saturated carbocycles. The molecular formula is C22H17F3N4O3. The van der Waals surface area contributed by atoms with E-state index in [1.165, 1.54) is 31.4 Å². The molecule has 0 fully saturated rings. The molecule has 7 nitrogen and oxygen atoms in total. The van der Waals surface area contributed by atoms with Gasteiger partial charge in [-0.25, -0.2) is 4.98 Å². The molecule has 0 unspecified atom stereocenters. The standard InChI is InChI=1S/C22H17F3N4O3/c1-4-16-17(5-2)27-20(10-22(23,24)25)29(21(16)30)12-15-9-19(32-28-15)13-6-7-14(11-26)18(8-13)31-3/h4-9H,1-2,10,12H2,3H3. The Bertz CT molecular complexity index is 1280. The van der Waals surface area contributed by atoms with Crippen LogP contribution in [0.25, 0.3) is 23.5 Å². The van der Waals surface area contributed by atoms with Gasteiger partial charge in [0.05, 0.1) is 30.5 Å². The largest absolute Gasteiger partial charge is 0.495 e. The average molecular weight is 442 g/mol. The van der Waals surface area contributed by atoms with E-state index in [2.05, 4.69) is 23.3 Å². The SMILES string of the molecule is C=Cc1nc(CC(F)(F)F)n(Cc2cc(-c3ccc(C#N)c(OC)c3)on2)c(=O)c1C=C. The summed E-state index contributed by atoms with van der Waals surface area (Å²) in [5, 5.41) is 13.0. The summed E-state index contributed by atoms with van der Waals surface area (Å²) in [5.41, 5.74) is 0.419. The molecule has 10 heteroatoms. The van der Waals surface area contributed by atoms with E-state index in [0.29, 0.717) is 16.9 Å². The first-order valence-electron chi connectivity index (χ1n) is 9.20. The van der Waals surface area contributed by atoms with Crippen LogP contribution in [0, 0.1) is 11.3 Å². The minimum absolute atomic E-state index is 0.0195. The van der Waals surface area contributed by atoms with Crippen molar-refractivity contribution in [3.05, 3.63) is 76.1 Å². The zero-order valence-electron chi connectivity index (χ0n) is 16.9. The van der Waals surface area contributed by atoms with Gasteiger partial charge in [-0.05, 0) is 24.3 Å². The second-order valence-electron chi connectivity index (χ2n) is 6.63. The number of hydrogen-bond donors (Lipinski definition) is 0. The Labute approximate surface area is 180 Å². The van der Waals surface area contributed by atoms with Crippen molar-refractivity contribution < 1.29 is 22.4 Å². The highest BCUT2D eigenvalue weighted by Crippen LogP contribution is 2.28. The molecular weight excluding hydrogens is 425 g/mol. The van der Waals surface area contributed by atoms with Crippen LogP contribution in [0.4, 0.5) is 13.2 Å². The maximum absolute atomic E-state index is 13.1. The number of nitrogens with zero attached hydrogens (tertiary/aromatic N) is 4. The maximum atomic E-state index is 13.1. The lowest BCUT2D eigenvalue weighted by Crippen LogP contribution is -2.31. The minimum Gasteiger partial charge on any atom is -0.495 e. The zero-order chi connectivity index (χ0) is 23.5. The van der Waals surface area contributed by atoms with Crippen molar-refractivity contribution in [3.63, 3.8) is 0 Å². The Hall–Kier alpha value is -4.13. The van der Waals surface area contributed by atoms with Gasteiger partial charge in [-0.3, -0.25) is 9.36 Å². The van der Waals surface area contributed by atoms with E-state index < -0.39 is 24.0 Å². The first-order chi connectivity index (χ1) is 15.2. The van der Waals surface area contributed by atoms with Crippen LogP contribution in [0.1, 0.15) is 28.3 Å². The van der Waals surface area contributed by atoms with E-state index in [1.54, 1.807) is 12.1 Å². The number of aromatic nitrogens is 3. The molecule has 164 valence electrons. The topological polar surface area (TPSA) is 93.9 Å². The van der Waals surface area contributed by atoms with Crippen molar-refractivity contribution in [2.75, 3.05) is 7.11 Å². The van der Waals surface area contributed by atoms with Crippen LogP contribution in [0.5, 0.6) is 5.75 Å². The zero-order valence-corrected chi connectivity index (χ0v) is 16.9. The lowest BCUT2D eigenvalue weighted by Gasteiger charge is -2.15. The third-order valence-electron chi connectivity index (χ3n) is 4.55. The summed E-state index contributed by atoms with van der Waals surface area (Å²) in [4.78, 5) is 16.8. The first kappa shape index (κ1) is 22.6. The fraction of sp³-hybridized carbons (Fsp3) is 0.182. The Morgan fingerprint density at radius 3 is 2.62 bits per heavy atom. The first-order valence-corrected chi connectivity index (χ1v) is 9.20. The van der Waals surface area contributed by atoms with Crippen LogP contribution in [0.2, 0.25) is 0 Å². The Morgan fingerprint density at radius 2 is 2.03 bits per heavy atom. The predicted octanol–water partition coefficient (Wildman–Crippen LogP) is 4.22. The summed E-state index contributed by atoms with van der Waals surface area (Å²) in [6, 6.07) is 8.20. The van der Waals surface area contributed by atoms with Crippen molar-refractivity contribution in [2.45, 2.75) is 19.1 Å². The molecule has 3 aromatic rings. The molecule has 32 heavy (non-hydrogen) atoms. The van der Waals surface area contributed by atoms with Crippen molar-refractivity contribution in [2.24, 2.45) is 0 Å². The minimum atomic E-state index is -4.58. The van der Waals surface area contributed by atoms with Crippen LogP contribution in [-0.2, 0) is 13.0 Å². The van der Waals surface area contributed by atoms with Crippen molar-refractivity contribution in [1.82, 2.24) is 14.7 Å². The van der Waals surface area contributed by atoms with Gasteiger partial charge in [-0.1, -0.05) is 24.4 Å². The van der Waals surface area contributed by atoms with Crippen LogP contribution in [0.3, 0.4) is 0 Å². The Kier molecular flexibility index (Phi) is 6.30. The van der Waals surface area contributed by atoms with Crippen molar-refractivity contribution in [3.8, 4) is 23.1 Å². The molecule has 0 saturated heterocycles. The van der Waals surface area contributed by atoms with Crippen LogP contribution >= 0.6 is 0 Å². The van der Waals surface area contributed by atoms with Crippen LogP contribution in [0.15, 0.2) is 46.7 Å². The molecule has 0 aliphatic carbocycles. The summed E-state index contributed by atoms with van der Waals surface area (Å²) in [6.07, 6.45) is -3.56. The normalized spacial score (nSPS) is 11.1. The molecule has 0 N–H and O–H groups in total. The summed E-state index contributed by atoms with van der Waals surface area (Å²) >= 11 is 0. The average Bonchev–Trinajstić information content (AvgIpc) is 3.23. The molecule has 0 aliphatic heterocycles. The van der Waals surface area contributed by atoms with E-state index in [4.69, 9.17) is 14.5 Å². The number of rotatable bonds is 7. The van der Waals surface area contributed by atoms with E-state index >= 15 is 0 Å². The number of alkyl halides is 3. The smallest absolute Gasteiger partial charge is 0.396 e. The van der Waals surface area contributed by atoms with Crippen molar-refractivity contribution in [1.29, 1.82) is 5.26 Å². The molecule has 0 spiro atoms. The lowest BCUT2D eigenvalue weighted by molar-refractivity contribution is -0.129. The van der Waals surface area contributed by atoms with Gasteiger partial charge in [0.2, 0.25) is 0 Å². The molecule has 0 aliphatic rings. The maximum Gasteiger partial charge on any atom is 0.396 e. The summed E-state index contributed by atoms with van der Waals surface area (Å²) in [7, 11) is 1.41. The number of ether oxygens (including phenoxy) is 1. The van der Waals surface area contributed by atoms with Gasteiger partial charge in [-0.15, -0.1) is 0 Å². The monoisotopic (exact) mass is 442 g/mol. The molecule has 2 heterocycles. The molecule has 1 aromatic carbocycles. The van der Waals surface area contributed by atoms with Crippen molar-refractivity contribution >= 4 is 12.2 Å². The number of benzene rings is 1. The number of nitriles is 1. The van der Waals surface area contributed by atoms with E-state index in [9.17, 15) is 18.0 Å². The molecule has 0 bridgehead atoms. The van der Waals surface area contributed by atoms with Gasteiger partial charge >= 0.3 is 6.18 Å². The summed E-state index contributed by atoms with van der Waals surface area (Å²) in [5.74, 6) is 0.131. The molecule has 0 amide bonds. The third-order valence-corrected chi connectivity index (χ3v) is 4.55. The summed E-state index contributed by atoms with van der Waals surface area (Å²) < 4.78 is 50.6. The molecule has 0 radical (unpaired) electrons. The van der Waals surface area contributed by atoms with Gasteiger partial charge in [-0.2, -0.15) is 18.4 Å². The third kappa shape index (κ3) is 4.62. The quantitative estimate of drug-likeness (QED) is 0.544. The van der Waals surface area contributed by atoms with E-state index in [0.717, 1.165) is 4.57 Å². The van der Waals surface area contributed by atoms with Gasteiger partial charge in [0.15, 0.2) is 5.76 Å². The lowest BCUT2D eigenvalue weighted by atomic mass is 10.1. The van der Waals surface area contributed by atoms with Crippen LogP contribution < -0.4 is 10.3 Å². The highest BCUT2D eigenvalue weighted by Gasteiger charge is 2.31. The van der Waals surface area contributed by atoms with Gasteiger partial charge < -0.3 is 9.26 Å². The second kappa shape index (κ2) is 8.93. The van der Waals surface area contributed by atoms with E-state index in [-0.39, 0.29) is 29.3 Å².